The van der Waals surface area contributed by atoms with Crippen molar-refractivity contribution in [2.75, 3.05) is 6.54 Å². The number of aliphatic carboxylic acids is 1. The van der Waals surface area contributed by atoms with E-state index in [0.29, 0.717) is 6.54 Å². The van der Waals surface area contributed by atoms with Crippen LogP contribution >= 0.6 is 31.9 Å². The molecule has 0 saturated carbocycles. The van der Waals surface area contributed by atoms with Crippen molar-refractivity contribution in [3.05, 3.63) is 32.7 Å². The Labute approximate surface area is 123 Å². The highest BCUT2D eigenvalue weighted by Gasteiger charge is 2.28. The molecule has 1 aromatic carbocycles. The molecule has 0 radical (unpaired) electrons. The van der Waals surface area contributed by atoms with E-state index in [1.54, 1.807) is 0 Å². The lowest BCUT2D eigenvalue weighted by Crippen LogP contribution is -2.43. The van der Waals surface area contributed by atoms with Gasteiger partial charge in [0.25, 0.3) is 0 Å². The summed E-state index contributed by atoms with van der Waals surface area (Å²) in [6, 6.07) is 5.72. The Bertz CT molecular complexity index is 430. The lowest BCUT2D eigenvalue weighted by Gasteiger charge is -2.32. The van der Waals surface area contributed by atoms with Gasteiger partial charge in [0, 0.05) is 15.5 Å². The Morgan fingerprint density at radius 1 is 1.28 bits per heavy atom. The third-order valence-electron chi connectivity index (χ3n) is 3.21. The number of benzene rings is 1. The van der Waals surface area contributed by atoms with Crippen molar-refractivity contribution in [3.8, 4) is 0 Å². The van der Waals surface area contributed by atoms with Gasteiger partial charge in [-0.05, 0) is 43.1 Å². The molecule has 0 aliphatic carbocycles. The minimum absolute atomic E-state index is 0.337. The number of carboxylic acid groups (broad SMARTS) is 1. The summed E-state index contributed by atoms with van der Waals surface area (Å²) < 4.78 is 2.02. The van der Waals surface area contributed by atoms with Gasteiger partial charge in [0.15, 0.2) is 0 Å². The Kier molecular flexibility index (Phi) is 4.81. The zero-order chi connectivity index (χ0) is 13.1. The molecule has 1 aromatic rings. The topological polar surface area (TPSA) is 40.5 Å². The van der Waals surface area contributed by atoms with E-state index >= 15 is 0 Å². The molecule has 0 amide bonds. The van der Waals surface area contributed by atoms with Crippen molar-refractivity contribution in [1.82, 2.24) is 4.90 Å². The van der Waals surface area contributed by atoms with Crippen LogP contribution < -0.4 is 0 Å². The van der Waals surface area contributed by atoms with Crippen LogP contribution in [0.1, 0.15) is 24.8 Å². The second kappa shape index (κ2) is 6.17. The maximum Gasteiger partial charge on any atom is 0.320 e. The molecule has 1 unspecified atom stereocenters. The van der Waals surface area contributed by atoms with Gasteiger partial charge in [0.2, 0.25) is 0 Å². The van der Waals surface area contributed by atoms with E-state index < -0.39 is 5.97 Å². The zero-order valence-electron chi connectivity index (χ0n) is 9.90. The smallest absolute Gasteiger partial charge is 0.320 e. The van der Waals surface area contributed by atoms with Crippen molar-refractivity contribution in [2.45, 2.75) is 31.8 Å². The molecule has 1 aliphatic rings. The van der Waals surface area contributed by atoms with Gasteiger partial charge < -0.3 is 5.11 Å². The zero-order valence-corrected chi connectivity index (χ0v) is 13.1. The largest absolute Gasteiger partial charge is 0.480 e. The van der Waals surface area contributed by atoms with E-state index in [0.717, 1.165) is 40.3 Å². The molecule has 3 nitrogen and oxygen atoms in total. The minimum atomic E-state index is -0.705. The van der Waals surface area contributed by atoms with Crippen LogP contribution in [0.15, 0.2) is 27.1 Å². The molecule has 0 spiro atoms. The molecule has 5 heteroatoms. The van der Waals surface area contributed by atoms with E-state index in [1.165, 1.54) is 0 Å². The maximum absolute atomic E-state index is 11.2. The first-order valence-corrected chi connectivity index (χ1v) is 7.56. The molecule has 0 bridgehead atoms. The highest BCUT2D eigenvalue weighted by atomic mass is 79.9. The first-order chi connectivity index (χ1) is 8.56. The van der Waals surface area contributed by atoms with Crippen molar-refractivity contribution < 1.29 is 9.90 Å². The lowest BCUT2D eigenvalue weighted by molar-refractivity contribution is -0.144. The average molecular weight is 377 g/mol. The SMILES string of the molecule is O=C(O)C1CCCCN1Cc1cc(Br)cc(Br)c1. The number of hydrogen-bond donors (Lipinski definition) is 1. The molecule has 1 atom stereocenters. The highest BCUT2D eigenvalue weighted by molar-refractivity contribution is 9.11. The highest BCUT2D eigenvalue weighted by Crippen LogP contribution is 2.24. The predicted molar refractivity (Wildman–Crippen MR) is 77.5 cm³/mol. The van der Waals surface area contributed by atoms with Gasteiger partial charge in [-0.1, -0.05) is 38.3 Å². The first kappa shape index (κ1) is 14.0. The molecular weight excluding hydrogens is 362 g/mol. The van der Waals surface area contributed by atoms with Gasteiger partial charge in [0.1, 0.15) is 6.04 Å². The van der Waals surface area contributed by atoms with E-state index in [4.69, 9.17) is 0 Å². The van der Waals surface area contributed by atoms with Crippen LogP contribution in [-0.4, -0.2) is 28.6 Å². The van der Waals surface area contributed by atoms with Crippen LogP contribution in [-0.2, 0) is 11.3 Å². The second-order valence-electron chi connectivity index (χ2n) is 4.60. The quantitative estimate of drug-likeness (QED) is 0.875. The average Bonchev–Trinajstić information content (AvgIpc) is 2.27. The van der Waals surface area contributed by atoms with Gasteiger partial charge >= 0.3 is 5.97 Å². The fourth-order valence-corrected chi connectivity index (χ4v) is 3.79. The van der Waals surface area contributed by atoms with Crippen molar-refractivity contribution in [2.24, 2.45) is 0 Å². The van der Waals surface area contributed by atoms with E-state index in [-0.39, 0.29) is 6.04 Å². The van der Waals surface area contributed by atoms with Crippen LogP contribution in [0.25, 0.3) is 0 Å². The predicted octanol–water partition coefficient (Wildman–Crippen LogP) is 3.65. The number of likely N-dealkylation sites (tertiary alicyclic amines) is 1. The molecule has 2 rings (SSSR count). The number of halogens is 2. The third-order valence-corrected chi connectivity index (χ3v) is 4.12. The standard InChI is InChI=1S/C13H15Br2NO2/c14-10-5-9(6-11(15)7-10)8-16-4-2-1-3-12(16)13(17)18/h5-7,12H,1-4,8H2,(H,17,18). The first-order valence-electron chi connectivity index (χ1n) is 5.98. The molecule has 18 heavy (non-hydrogen) atoms. The van der Waals surface area contributed by atoms with Gasteiger partial charge in [0.05, 0.1) is 0 Å². The molecule has 0 aromatic heterocycles. The molecule has 1 heterocycles. The fourth-order valence-electron chi connectivity index (χ4n) is 2.40. The summed E-state index contributed by atoms with van der Waals surface area (Å²) in [4.78, 5) is 13.3. The Hall–Kier alpha value is -0.390. The molecule has 1 fully saturated rings. The van der Waals surface area contributed by atoms with Crippen molar-refractivity contribution >= 4 is 37.8 Å². The van der Waals surface area contributed by atoms with Gasteiger partial charge in [-0.15, -0.1) is 0 Å². The summed E-state index contributed by atoms with van der Waals surface area (Å²) in [6.45, 7) is 1.55. The van der Waals surface area contributed by atoms with Crippen LogP contribution in [0.2, 0.25) is 0 Å². The fraction of sp³-hybridized carbons (Fsp3) is 0.462. The Morgan fingerprint density at radius 2 is 1.94 bits per heavy atom. The summed E-state index contributed by atoms with van der Waals surface area (Å²) in [6.07, 6.45) is 2.85. The minimum Gasteiger partial charge on any atom is -0.480 e. The molecule has 1 saturated heterocycles. The maximum atomic E-state index is 11.2. The molecule has 98 valence electrons. The normalized spacial score (nSPS) is 20.9. The Morgan fingerprint density at radius 3 is 2.56 bits per heavy atom. The number of nitrogens with zero attached hydrogens (tertiary/aromatic N) is 1. The van der Waals surface area contributed by atoms with E-state index in [9.17, 15) is 9.90 Å². The summed E-state index contributed by atoms with van der Waals surface area (Å²) in [5, 5.41) is 9.24. The lowest BCUT2D eigenvalue weighted by atomic mass is 10.0. The van der Waals surface area contributed by atoms with Crippen LogP contribution in [0.5, 0.6) is 0 Å². The number of rotatable bonds is 3. The summed E-state index contributed by atoms with van der Waals surface area (Å²) >= 11 is 6.91. The van der Waals surface area contributed by atoms with E-state index in [2.05, 4.69) is 36.8 Å². The van der Waals surface area contributed by atoms with Crippen LogP contribution in [0.4, 0.5) is 0 Å². The summed E-state index contributed by atoms with van der Waals surface area (Å²) in [5.41, 5.74) is 1.13. The Balaban J connectivity index is 2.13. The number of hydrogen-bond acceptors (Lipinski definition) is 2. The number of piperidine rings is 1. The third kappa shape index (κ3) is 3.56. The van der Waals surface area contributed by atoms with Crippen molar-refractivity contribution in [3.63, 3.8) is 0 Å². The van der Waals surface area contributed by atoms with Crippen molar-refractivity contribution in [1.29, 1.82) is 0 Å². The summed E-state index contributed by atoms with van der Waals surface area (Å²) in [7, 11) is 0. The number of carbonyl (C=O) groups is 1. The van der Waals surface area contributed by atoms with E-state index in [1.807, 2.05) is 18.2 Å². The van der Waals surface area contributed by atoms with Gasteiger partial charge in [-0.3, -0.25) is 9.69 Å². The van der Waals surface area contributed by atoms with Crippen LogP contribution in [0.3, 0.4) is 0 Å². The van der Waals surface area contributed by atoms with Gasteiger partial charge in [-0.2, -0.15) is 0 Å². The van der Waals surface area contributed by atoms with Crippen LogP contribution in [0, 0.1) is 0 Å². The molecular formula is C13H15Br2NO2. The van der Waals surface area contributed by atoms with Gasteiger partial charge in [-0.25, -0.2) is 0 Å². The molecule has 1 N–H and O–H groups in total. The number of carboxylic acids is 1. The molecule has 1 aliphatic heterocycles. The monoisotopic (exact) mass is 375 g/mol. The summed E-state index contributed by atoms with van der Waals surface area (Å²) in [5.74, 6) is -0.705. The second-order valence-corrected chi connectivity index (χ2v) is 6.43.